The van der Waals surface area contributed by atoms with Gasteiger partial charge < -0.3 is 10.1 Å². The molecule has 0 atom stereocenters. The zero-order valence-corrected chi connectivity index (χ0v) is 23.0. The number of nitrogens with zero attached hydrogens (tertiary/aromatic N) is 2. The van der Waals surface area contributed by atoms with Gasteiger partial charge in [0.05, 0.1) is 12.8 Å². The van der Waals surface area contributed by atoms with Crippen molar-refractivity contribution in [2.45, 2.75) is 68.6 Å². The van der Waals surface area contributed by atoms with Gasteiger partial charge in [-0.15, -0.1) is 0 Å². The smallest absolute Gasteiger partial charge is 0.153 e. The molecule has 4 aromatic rings. The maximum absolute atomic E-state index is 5.21. The molecule has 2 heterocycles. The summed E-state index contributed by atoms with van der Waals surface area (Å²) in [5.74, 6) is 3.42. The summed E-state index contributed by atoms with van der Waals surface area (Å²) in [5.41, 5.74) is 2.92. The molecule has 0 bridgehead atoms. The molecule has 1 saturated carbocycles. The Morgan fingerprint density at radius 3 is 2.38 bits per heavy atom. The summed E-state index contributed by atoms with van der Waals surface area (Å²) in [4.78, 5) is 6.91. The fourth-order valence-electron chi connectivity index (χ4n) is 4.70. The van der Waals surface area contributed by atoms with Crippen LogP contribution < -0.4 is 10.1 Å². The number of rotatable bonds is 8. The zero-order valence-electron chi connectivity index (χ0n) is 22.2. The third-order valence-corrected chi connectivity index (χ3v) is 7.54. The number of aromatic amines is 1. The Labute approximate surface area is 225 Å². The van der Waals surface area contributed by atoms with Crippen LogP contribution >= 0.6 is 11.8 Å². The third kappa shape index (κ3) is 8.39. The predicted molar refractivity (Wildman–Crippen MR) is 155 cm³/mol. The van der Waals surface area contributed by atoms with E-state index in [1.165, 1.54) is 49.8 Å². The van der Waals surface area contributed by atoms with E-state index in [4.69, 9.17) is 4.74 Å². The van der Waals surface area contributed by atoms with Crippen molar-refractivity contribution in [1.29, 1.82) is 0 Å². The number of hydrogen-bond acceptors (Lipinski definition) is 5. The molecule has 0 unspecified atom stereocenters. The molecule has 0 radical (unpaired) electrons. The lowest BCUT2D eigenvalue weighted by molar-refractivity contribution is 0.336. The van der Waals surface area contributed by atoms with Crippen molar-refractivity contribution in [1.82, 2.24) is 15.2 Å². The lowest BCUT2D eigenvalue weighted by Gasteiger charge is -2.20. The van der Waals surface area contributed by atoms with Gasteiger partial charge in [0.1, 0.15) is 11.6 Å². The monoisotopic (exact) mass is 514 g/mol. The van der Waals surface area contributed by atoms with Crippen LogP contribution in [0, 0.1) is 12.8 Å². The highest BCUT2D eigenvalue weighted by atomic mass is 32.2. The van der Waals surface area contributed by atoms with Crippen molar-refractivity contribution in [2.75, 3.05) is 12.4 Å². The predicted octanol–water partition coefficient (Wildman–Crippen LogP) is 9.05. The molecule has 0 aliphatic heterocycles. The van der Waals surface area contributed by atoms with E-state index in [1.807, 2.05) is 61.5 Å². The van der Waals surface area contributed by atoms with Crippen LogP contribution in [0.15, 0.2) is 82.6 Å². The molecular formula is C31H38N4OS. The Morgan fingerprint density at radius 1 is 0.919 bits per heavy atom. The second-order valence-corrected chi connectivity index (χ2v) is 10.7. The van der Waals surface area contributed by atoms with Gasteiger partial charge in [-0.05, 0) is 66.9 Å². The summed E-state index contributed by atoms with van der Waals surface area (Å²) in [7, 11) is 1.66. The SMILES string of the molecule is CCCC1CCCCC1.COc1ccc(-c2cc(Nc3cc(Sc4ccccc4)cc(C)n3)n[nH]2)cc1. The summed E-state index contributed by atoms with van der Waals surface area (Å²) in [6.07, 6.45) is 10.4. The first kappa shape index (κ1) is 26.8. The van der Waals surface area contributed by atoms with Gasteiger partial charge in [-0.1, -0.05) is 81.8 Å². The first-order valence-corrected chi connectivity index (χ1v) is 14.1. The van der Waals surface area contributed by atoms with Gasteiger partial charge in [0.2, 0.25) is 0 Å². The number of aryl methyl sites for hydroxylation is 1. The van der Waals surface area contributed by atoms with E-state index in [2.05, 4.69) is 45.6 Å². The molecule has 1 fully saturated rings. The van der Waals surface area contributed by atoms with Crippen molar-refractivity contribution in [3.63, 3.8) is 0 Å². The topological polar surface area (TPSA) is 62.8 Å². The molecule has 1 aliphatic rings. The molecule has 2 aromatic carbocycles. The lowest BCUT2D eigenvalue weighted by atomic mass is 9.86. The molecule has 5 nitrogen and oxygen atoms in total. The number of ether oxygens (including phenoxy) is 1. The summed E-state index contributed by atoms with van der Waals surface area (Å²) >= 11 is 1.71. The van der Waals surface area contributed by atoms with E-state index in [0.29, 0.717) is 0 Å². The number of H-pyrrole nitrogens is 1. The Balaban J connectivity index is 0.000000301. The van der Waals surface area contributed by atoms with Gasteiger partial charge in [0.15, 0.2) is 5.82 Å². The van der Waals surface area contributed by atoms with E-state index >= 15 is 0 Å². The van der Waals surface area contributed by atoms with E-state index in [1.54, 1.807) is 18.9 Å². The molecule has 1 aliphatic carbocycles. The maximum Gasteiger partial charge on any atom is 0.153 e. The van der Waals surface area contributed by atoms with E-state index < -0.39 is 0 Å². The van der Waals surface area contributed by atoms with Crippen molar-refractivity contribution >= 4 is 23.4 Å². The lowest BCUT2D eigenvalue weighted by Crippen LogP contribution is -2.04. The number of nitrogens with one attached hydrogen (secondary N) is 2. The van der Waals surface area contributed by atoms with Gasteiger partial charge in [-0.25, -0.2) is 4.98 Å². The Morgan fingerprint density at radius 2 is 1.68 bits per heavy atom. The first-order chi connectivity index (χ1) is 18.1. The molecule has 194 valence electrons. The number of methoxy groups -OCH3 is 1. The average molecular weight is 515 g/mol. The summed E-state index contributed by atoms with van der Waals surface area (Å²) in [5, 5.41) is 10.7. The fourth-order valence-corrected chi connectivity index (χ4v) is 5.67. The molecule has 5 rings (SSSR count). The largest absolute Gasteiger partial charge is 0.497 e. The average Bonchev–Trinajstić information content (AvgIpc) is 3.38. The van der Waals surface area contributed by atoms with Crippen LogP contribution in [-0.4, -0.2) is 22.3 Å². The highest BCUT2D eigenvalue weighted by Gasteiger charge is 2.11. The van der Waals surface area contributed by atoms with Crippen molar-refractivity contribution in [3.05, 3.63) is 78.5 Å². The number of aromatic nitrogens is 3. The molecular weight excluding hydrogens is 476 g/mol. The summed E-state index contributed by atoms with van der Waals surface area (Å²) in [6.45, 7) is 4.29. The number of hydrogen-bond donors (Lipinski definition) is 2. The van der Waals surface area contributed by atoms with Crippen LogP contribution in [0.3, 0.4) is 0 Å². The van der Waals surface area contributed by atoms with Gasteiger partial charge >= 0.3 is 0 Å². The fraction of sp³-hybridized carbons (Fsp3) is 0.355. The highest BCUT2D eigenvalue weighted by molar-refractivity contribution is 7.99. The molecule has 37 heavy (non-hydrogen) atoms. The van der Waals surface area contributed by atoms with E-state index in [9.17, 15) is 0 Å². The minimum absolute atomic E-state index is 0.722. The molecule has 0 amide bonds. The minimum Gasteiger partial charge on any atom is -0.497 e. The standard InChI is InChI=1S/C22H20N4OS.C9H18/c1-15-12-19(28-18-6-4-3-5-7-18)13-21(23-15)24-22-14-20(25-26-22)16-8-10-17(27-2)11-9-16;1-2-6-9-7-4-3-5-8-9/h3-14H,1-2H3,(H2,23,24,25,26);9H,2-8H2,1H3. The van der Waals surface area contributed by atoms with Gasteiger partial charge in [-0.3, -0.25) is 5.10 Å². The van der Waals surface area contributed by atoms with Gasteiger partial charge in [0, 0.05) is 21.6 Å². The Hall–Kier alpha value is -3.25. The Bertz CT molecular complexity index is 1210. The number of anilines is 2. The van der Waals surface area contributed by atoms with Gasteiger partial charge in [-0.2, -0.15) is 5.10 Å². The second kappa shape index (κ2) is 13.9. The van der Waals surface area contributed by atoms with E-state index in [-0.39, 0.29) is 0 Å². The highest BCUT2D eigenvalue weighted by Crippen LogP contribution is 2.31. The van der Waals surface area contributed by atoms with Gasteiger partial charge in [0.25, 0.3) is 0 Å². The number of pyridine rings is 1. The normalized spacial score (nSPS) is 13.5. The molecule has 0 spiro atoms. The van der Waals surface area contributed by atoms with Crippen LogP contribution in [0.4, 0.5) is 11.6 Å². The quantitative estimate of drug-likeness (QED) is 0.245. The van der Waals surface area contributed by atoms with Crippen LogP contribution in [0.25, 0.3) is 11.3 Å². The summed E-state index contributed by atoms with van der Waals surface area (Å²) in [6, 6.07) is 24.2. The van der Waals surface area contributed by atoms with Crippen molar-refractivity contribution in [3.8, 4) is 17.0 Å². The minimum atomic E-state index is 0.722. The molecule has 6 heteroatoms. The van der Waals surface area contributed by atoms with Crippen molar-refractivity contribution in [2.24, 2.45) is 5.92 Å². The van der Waals surface area contributed by atoms with Crippen LogP contribution in [0.5, 0.6) is 5.75 Å². The number of benzene rings is 2. The van der Waals surface area contributed by atoms with Crippen LogP contribution in [-0.2, 0) is 0 Å². The Kier molecular flexibility index (Phi) is 10.1. The van der Waals surface area contributed by atoms with Crippen molar-refractivity contribution < 1.29 is 4.74 Å². The second-order valence-electron chi connectivity index (χ2n) is 9.56. The third-order valence-electron chi connectivity index (χ3n) is 6.56. The summed E-state index contributed by atoms with van der Waals surface area (Å²) < 4.78 is 5.21. The molecule has 0 saturated heterocycles. The van der Waals surface area contributed by atoms with Crippen LogP contribution in [0.2, 0.25) is 0 Å². The maximum atomic E-state index is 5.21. The first-order valence-electron chi connectivity index (χ1n) is 13.3. The zero-order chi connectivity index (χ0) is 25.9. The molecule has 2 aromatic heterocycles. The van der Waals surface area contributed by atoms with E-state index in [0.717, 1.165) is 45.1 Å². The van der Waals surface area contributed by atoms with Crippen LogP contribution in [0.1, 0.15) is 57.6 Å². The molecule has 2 N–H and O–H groups in total.